The second kappa shape index (κ2) is 8.49. The molecule has 0 saturated heterocycles. The maximum atomic E-state index is 12.4. The molecule has 1 aromatic carbocycles. The fourth-order valence-electron chi connectivity index (χ4n) is 2.39. The molecule has 0 fully saturated rings. The number of methoxy groups -OCH3 is 2. The molecule has 1 N–H and O–H groups in total. The molecule has 0 atom stereocenters. The van der Waals surface area contributed by atoms with E-state index < -0.39 is 17.3 Å². The molecule has 0 aliphatic heterocycles. The predicted octanol–water partition coefficient (Wildman–Crippen LogP) is 2.73. The summed E-state index contributed by atoms with van der Waals surface area (Å²) >= 11 is 1.14. The highest BCUT2D eigenvalue weighted by Crippen LogP contribution is 2.27. The van der Waals surface area contributed by atoms with E-state index in [1.54, 1.807) is 0 Å². The lowest BCUT2D eigenvalue weighted by Gasteiger charge is -2.01. The van der Waals surface area contributed by atoms with E-state index >= 15 is 0 Å². The van der Waals surface area contributed by atoms with E-state index in [0.29, 0.717) is 11.3 Å². The largest absolute Gasteiger partial charge is 0.490 e. The van der Waals surface area contributed by atoms with E-state index in [1.807, 2.05) is 30.3 Å². The van der Waals surface area contributed by atoms with Gasteiger partial charge in [-0.15, -0.1) is 11.3 Å². The van der Waals surface area contributed by atoms with Crippen LogP contribution in [-0.2, 0) is 11.2 Å². The summed E-state index contributed by atoms with van der Waals surface area (Å²) in [5, 5.41) is 2.73. The van der Waals surface area contributed by atoms with Crippen LogP contribution in [0.15, 0.2) is 51.9 Å². The van der Waals surface area contributed by atoms with Crippen LogP contribution in [0.1, 0.15) is 31.5 Å². The molecule has 2 aromatic heterocycles. The first kappa shape index (κ1) is 19.3. The van der Waals surface area contributed by atoms with Gasteiger partial charge in [-0.3, -0.25) is 14.9 Å². The van der Waals surface area contributed by atoms with Crippen LogP contribution in [0.3, 0.4) is 0 Å². The lowest BCUT2D eigenvalue weighted by Crippen LogP contribution is -2.15. The molecule has 0 spiro atoms. The van der Waals surface area contributed by atoms with Gasteiger partial charge in [-0.1, -0.05) is 30.3 Å². The first-order valence-electron chi connectivity index (χ1n) is 8.12. The Morgan fingerprint density at radius 3 is 2.61 bits per heavy atom. The number of esters is 1. The molecular formula is C19H16N2O6S. The third-order valence-corrected chi connectivity index (χ3v) is 4.72. The summed E-state index contributed by atoms with van der Waals surface area (Å²) in [7, 11) is 2.59. The van der Waals surface area contributed by atoms with Gasteiger partial charge in [0.05, 0.1) is 14.2 Å². The minimum Gasteiger partial charge on any atom is -0.490 e. The third-order valence-electron chi connectivity index (χ3n) is 3.75. The maximum Gasteiger partial charge on any atom is 0.357 e. The molecular weight excluding hydrogens is 384 g/mol. The molecule has 0 aliphatic rings. The van der Waals surface area contributed by atoms with E-state index in [0.717, 1.165) is 29.2 Å². The van der Waals surface area contributed by atoms with Crippen LogP contribution in [0.2, 0.25) is 0 Å². The Bertz CT molecular complexity index is 1060. The number of amides is 1. The van der Waals surface area contributed by atoms with Crippen molar-refractivity contribution < 1.29 is 23.5 Å². The Kier molecular flexibility index (Phi) is 5.85. The van der Waals surface area contributed by atoms with Crippen molar-refractivity contribution in [3.8, 4) is 5.75 Å². The molecule has 0 aliphatic carbocycles. The van der Waals surface area contributed by atoms with Crippen molar-refractivity contribution in [3.63, 3.8) is 0 Å². The van der Waals surface area contributed by atoms with E-state index in [1.165, 1.54) is 14.2 Å². The standard InChI is InChI=1S/C19H16N2O6S/c1-25-14-10-27-13(9-12(14)22)17(23)21-19-20-16(18(24)26-2)15(28-19)8-11-6-4-3-5-7-11/h3-7,9-10H,8H2,1-2H3,(H,20,21,23). The SMILES string of the molecule is COC(=O)c1nc(NC(=O)c2cc(=O)c(OC)co2)sc1Cc1ccccc1. The van der Waals surface area contributed by atoms with E-state index in [2.05, 4.69) is 10.3 Å². The van der Waals surface area contributed by atoms with Gasteiger partial charge in [0, 0.05) is 17.4 Å². The van der Waals surface area contributed by atoms with Gasteiger partial charge in [0.15, 0.2) is 16.6 Å². The lowest BCUT2D eigenvalue weighted by atomic mass is 10.1. The molecule has 28 heavy (non-hydrogen) atoms. The molecule has 2 heterocycles. The number of nitrogens with one attached hydrogen (secondary N) is 1. The highest BCUT2D eigenvalue weighted by Gasteiger charge is 2.21. The number of aromatic nitrogens is 1. The Labute approximate surface area is 163 Å². The van der Waals surface area contributed by atoms with Crippen LogP contribution in [0.5, 0.6) is 5.75 Å². The minimum absolute atomic E-state index is 0.0103. The number of rotatable bonds is 6. The van der Waals surface area contributed by atoms with E-state index in [4.69, 9.17) is 13.9 Å². The molecule has 0 unspecified atom stereocenters. The third kappa shape index (κ3) is 4.26. The maximum absolute atomic E-state index is 12.4. The summed E-state index contributed by atoms with van der Waals surface area (Å²) in [4.78, 5) is 41.0. The van der Waals surface area contributed by atoms with Gasteiger partial charge in [-0.25, -0.2) is 9.78 Å². The van der Waals surface area contributed by atoms with E-state index in [9.17, 15) is 14.4 Å². The smallest absolute Gasteiger partial charge is 0.357 e. The Morgan fingerprint density at radius 2 is 1.96 bits per heavy atom. The highest BCUT2D eigenvalue weighted by molar-refractivity contribution is 7.16. The van der Waals surface area contributed by atoms with Crippen LogP contribution in [0.4, 0.5) is 5.13 Å². The van der Waals surface area contributed by atoms with Crippen LogP contribution in [-0.4, -0.2) is 31.1 Å². The van der Waals surface area contributed by atoms with Gasteiger partial charge in [0.1, 0.15) is 6.26 Å². The highest BCUT2D eigenvalue weighted by atomic mass is 32.1. The zero-order chi connectivity index (χ0) is 20.1. The number of benzene rings is 1. The summed E-state index contributed by atoms with van der Waals surface area (Å²) in [6, 6.07) is 10.5. The lowest BCUT2D eigenvalue weighted by molar-refractivity contribution is 0.0593. The summed E-state index contributed by atoms with van der Waals surface area (Å²) < 4.78 is 14.7. The number of hydrogen-bond donors (Lipinski definition) is 1. The molecule has 0 bridgehead atoms. The van der Waals surface area contributed by atoms with E-state index in [-0.39, 0.29) is 22.3 Å². The van der Waals surface area contributed by atoms with Crippen molar-refractivity contribution in [2.24, 2.45) is 0 Å². The summed E-state index contributed by atoms with van der Waals surface area (Å²) in [6.07, 6.45) is 1.51. The molecule has 0 radical (unpaired) electrons. The van der Waals surface area contributed by atoms with Gasteiger partial charge >= 0.3 is 5.97 Å². The summed E-state index contributed by atoms with van der Waals surface area (Å²) in [5.41, 5.74) is 0.622. The normalized spacial score (nSPS) is 10.4. The van der Waals surface area contributed by atoms with Crippen molar-refractivity contribution in [2.75, 3.05) is 19.5 Å². The number of carbonyl (C=O) groups excluding carboxylic acids is 2. The summed E-state index contributed by atoms with van der Waals surface area (Å²) in [5.74, 6) is -1.48. The van der Waals surface area contributed by atoms with Crippen molar-refractivity contribution in [1.29, 1.82) is 0 Å². The monoisotopic (exact) mass is 400 g/mol. The molecule has 1 amide bonds. The molecule has 9 heteroatoms. The molecule has 3 aromatic rings. The average Bonchev–Trinajstić information content (AvgIpc) is 3.10. The minimum atomic E-state index is -0.670. The molecule has 0 saturated carbocycles. The van der Waals surface area contributed by atoms with Crippen molar-refractivity contribution in [3.05, 3.63) is 74.8 Å². The Hall–Kier alpha value is -3.46. The number of hydrogen-bond acceptors (Lipinski definition) is 8. The van der Waals surface area contributed by atoms with Crippen molar-refractivity contribution >= 4 is 28.3 Å². The van der Waals surface area contributed by atoms with Crippen LogP contribution in [0, 0.1) is 0 Å². The van der Waals surface area contributed by atoms with Crippen molar-refractivity contribution in [1.82, 2.24) is 4.98 Å². The average molecular weight is 400 g/mol. The molecule has 3 rings (SSSR count). The molecule has 144 valence electrons. The quantitative estimate of drug-likeness (QED) is 0.634. The first-order chi connectivity index (χ1) is 13.5. The second-order valence-electron chi connectivity index (χ2n) is 5.58. The van der Waals surface area contributed by atoms with Crippen LogP contribution >= 0.6 is 11.3 Å². The van der Waals surface area contributed by atoms with Crippen LogP contribution in [0.25, 0.3) is 0 Å². The number of nitrogens with zero attached hydrogens (tertiary/aromatic N) is 1. The number of ether oxygens (including phenoxy) is 2. The number of anilines is 1. The van der Waals surface area contributed by atoms with Gasteiger partial charge < -0.3 is 13.9 Å². The fraction of sp³-hybridized carbons (Fsp3) is 0.158. The topological polar surface area (TPSA) is 108 Å². The summed E-state index contributed by atoms with van der Waals surface area (Å²) in [6.45, 7) is 0. The number of carbonyl (C=O) groups is 2. The van der Waals surface area contributed by atoms with Gasteiger partial charge in [-0.2, -0.15) is 0 Å². The first-order valence-corrected chi connectivity index (χ1v) is 8.93. The van der Waals surface area contributed by atoms with Crippen molar-refractivity contribution in [2.45, 2.75) is 6.42 Å². The zero-order valence-corrected chi connectivity index (χ0v) is 15.9. The Balaban J connectivity index is 1.85. The van der Waals surface area contributed by atoms with Gasteiger partial charge in [-0.05, 0) is 5.56 Å². The zero-order valence-electron chi connectivity index (χ0n) is 15.1. The number of thiazole rings is 1. The van der Waals surface area contributed by atoms with Crippen LogP contribution < -0.4 is 15.5 Å². The second-order valence-corrected chi connectivity index (χ2v) is 6.66. The predicted molar refractivity (Wildman–Crippen MR) is 102 cm³/mol. The van der Waals surface area contributed by atoms with Gasteiger partial charge in [0.2, 0.25) is 11.2 Å². The molecule has 8 nitrogen and oxygen atoms in total. The fourth-order valence-corrected chi connectivity index (χ4v) is 3.37. The Morgan fingerprint density at radius 1 is 1.21 bits per heavy atom. The van der Waals surface area contributed by atoms with Gasteiger partial charge in [0.25, 0.3) is 5.91 Å².